The molecule has 1 saturated heterocycles. The van der Waals surface area contributed by atoms with Gasteiger partial charge in [0.2, 0.25) is 0 Å². The number of carbonyl (C=O) groups is 1. The van der Waals surface area contributed by atoms with E-state index >= 15 is 0 Å². The lowest BCUT2D eigenvalue weighted by Gasteiger charge is -2.15. The lowest BCUT2D eigenvalue weighted by molar-refractivity contribution is 0.0794. The molecule has 0 radical (unpaired) electrons. The van der Waals surface area contributed by atoms with Gasteiger partial charge in [0.15, 0.2) is 0 Å². The van der Waals surface area contributed by atoms with E-state index in [1.807, 2.05) is 31.0 Å². The molecule has 0 bridgehead atoms. The van der Waals surface area contributed by atoms with E-state index in [2.05, 4.69) is 0 Å². The van der Waals surface area contributed by atoms with Gasteiger partial charge in [-0.3, -0.25) is 9.59 Å². The summed E-state index contributed by atoms with van der Waals surface area (Å²) in [6.45, 7) is 6.31. The molecule has 0 atom stereocenters. The van der Waals surface area contributed by atoms with Crippen LogP contribution >= 0.6 is 11.3 Å². The summed E-state index contributed by atoms with van der Waals surface area (Å²) in [7, 11) is 0. The number of aromatic nitrogens is 1. The SMILES string of the molecule is CCCn1ccc2sc(C)c(C(=O)N3CCCC3)c2c1=O. The van der Waals surface area contributed by atoms with Crippen molar-refractivity contribution in [3.63, 3.8) is 0 Å². The predicted molar refractivity (Wildman–Crippen MR) is 86.3 cm³/mol. The van der Waals surface area contributed by atoms with E-state index in [9.17, 15) is 9.59 Å². The lowest BCUT2D eigenvalue weighted by Crippen LogP contribution is -2.29. The van der Waals surface area contributed by atoms with Crippen molar-refractivity contribution in [3.8, 4) is 0 Å². The summed E-state index contributed by atoms with van der Waals surface area (Å²) in [6.07, 6.45) is 4.87. The van der Waals surface area contributed by atoms with Gasteiger partial charge in [-0.05, 0) is 32.3 Å². The summed E-state index contributed by atoms with van der Waals surface area (Å²) in [4.78, 5) is 28.3. The van der Waals surface area contributed by atoms with Crippen molar-refractivity contribution in [1.29, 1.82) is 0 Å². The van der Waals surface area contributed by atoms with E-state index in [-0.39, 0.29) is 11.5 Å². The second-order valence-electron chi connectivity index (χ2n) is 5.59. The maximum atomic E-state index is 12.7. The molecular formula is C16H20N2O2S. The summed E-state index contributed by atoms with van der Waals surface area (Å²) in [5.41, 5.74) is 0.605. The van der Waals surface area contributed by atoms with Gasteiger partial charge in [0.1, 0.15) is 0 Å². The third-order valence-corrected chi connectivity index (χ3v) is 5.13. The van der Waals surface area contributed by atoms with E-state index < -0.39 is 0 Å². The molecule has 1 aliphatic rings. The first kappa shape index (κ1) is 14.3. The van der Waals surface area contributed by atoms with Gasteiger partial charge in [-0.1, -0.05) is 6.92 Å². The van der Waals surface area contributed by atoms with Gasteiger partial charge >= 0.3 is 0 Å². The number of aryl methyl sites for hydroxylation is 2. The molecular weight excluding hydrogens is 284 g/mol. The fourth-order valence-corrected chi connectivity index (χ4v) is 4.06. The topological polar surface area (TPSA) is 42.3 Å². The molecule has 0 aliphatic carbocycles. The van der Waals surface area contributed by atoms with Gasteiger partial charge < -0.3 is 9.47 Å². The Kier molecular flexibility index (Phi) is 3.85. The molecule has 2 aromatic heterocycles. The fraction of sp³-hybridized carbons (Fsp3) is 0.500. The first-order chi connectivity index (χ1) is 10.1. The molecule has 21 heavy (non-hydrogen) atoms. The van der Waals surface area contributed by atoms with Crippen LogP contribution in [0, 0.1) is 6.92 Å². The number of amides is 1. The minimum atomic E-state index is -0.0266. The molecule has 1 amide bonds. The number of carbonyl (C=O) groups excluding carboxylic acids is 1. The van der Waals surface area contributed by atoms with Crippen LogP contribution in [0.5, 0.6) is 0 Å². The number of nitrogens with zero attached hydrogens (tertiary/aromatic N) is 2. The van der Waals surface area contributed by atoms with Crippen LogP contribution in [-0.2, 0) is 6.54 Å². The molecule has 2 aromatic rings. The molecule has 3 rings (SSSR count). The quantitative estimate of drug-likeness (QED) is 0.874. The van der Waals surface area contributed by atoms with Crippen molar-refractivity contribution in [2.24, 2.45) is 0 Å². The maximum absolute atomic E-state index is 12.7. The molecule has 1 aliphatic heterocycles. The van der Waals surface area contributed by atoms with Crippen molar-refractivity contribution in [3.05, 3.63) is 33.1 Å². The van der Waals surface area contributed by atoms with E-state index in [4.69, 9.17) is 0 Å². The zero-order chi connectivity index (χ0) is 15.0. The van der Waals surface area contributed by atoms with Gasteiger partial charge in [0.05, 0.1) is 10.9 Å². The van der Waals surface area contributed by atoms with Gasteiger partial charge in [0, 0.05) is 35.4 Å². The van der Waals surface area contributed by atoms with Gasteiger partial charge in [-0.2, -0.15) is 0 Å². The van der Waals surface area contributed by atoms with Gasteiger partial charge in [-0.15, -0.1) is 11.3 Å². The molecule has 112 valence electrons. The van der Waals surface area contributed by atoms with Crippen molar-refractivity contribution in [1.82, 2.24) is 9.47 Å². The molecule has 0 spiro atoms. The molecule has 0 unspecified atom stereocenters. The molecule has 0 saturated carbocycles. The van der Waals surface area contributed by atoms with Crippen LogP contribution in [0.25, 0.3) is 10.1 Å². The molecule has 0 aromatic carbocycles. The summed E-state index contributed by atoms with van der Waals surface area (Å²) < 4.78 is 2.64. The first-order valence-electron chi connectivity index (χ1n) is 7.55. The Hall–Kier alpha value is -1.62. The minimum absolute atomic E-state index is 0.0266. The summed E-state index contributed by atoms with van der Waals surface area (Å²) in [5, 5.41) is 0.616. The van der Waals surface area contributed by atoms with Crippen molar-refractivity contribution >= 4 is 27.3 Å². The summed E-state index contributed by atoms with van der Waals surface area (Å²) in [6, 6.07) is 1.96. The monoisotopic (exact) mass is 304 g/mol. The zero-order valence-electron chi connectivity index (χ0n) is 12.5. The highest BCUT2D eigenvalue weighted by atomic mass is 32.1. The number of hydrogen-bond acceptors (Lipinski definition) is 3. The minimum Gasteiger partial charge on any atom is -0.339 e. The highest BCUT2D eigenvalue weighted by Crippen LogP contribution is 2.30. The van der Waals surface area contributed by atoms with Crippen LogP contribution in [-0.4, -0.2) is 28.5 Å². The van der Waals surface area contributed by atoms with Crippen LogP contribution in [0.1, 0.15) is 41.4 Å². The molecule has 0 N–H and O–H groups in total. The Morgan fingerprint density at radius 2 is 2.05 bits per heavy atom. The Morgan fingerprint density at radius 3 is 2.71 bits per heavy atom. The normalized spacial score (nSPS) is 15.0. The zero-order valence-corrected chi connectivity index (χ0v) is 13.3. The van der Waals surface area contributed by atoms with Crippen LogP contribution in [0.3, 0.4) is 0 Å². The van der Waals surface area contributed by atoms with Crippen LogP contribution in [0.4, 0.5) is 0 Å². The lowest BCUT2D eigenvalue weighted by atomic mass is 10.1. The average molecular weight is 304 g/mol. The average Bonchev–Trinajstić information content (AvgIpc) is 3.09. The molecule has 3 heterocycles. The largest absolute Gasteiger partial charge is 0.339 e. The van der Waals surface area contributed by atoms with Crippen molar-refractivity contribution < 1.29 is 4.79 Å². The Morgan fingerprint density at radius 1 is 1.33 bits per heavy atom. The second-order valence-corrected chi connectivity index (χ2v) is 6.84. The van der Waals surface area contributed by atoms with E-state index in [1.54, 1.807) is 15.9 Å². The van der Waals surface area contributed by atoms with Gasteiger partial charge in [-0.25, -0.2) is 0 Å². The highest BCUT2D eigenvalue weighted by Gasteiger charge is 2.26. The third-order valence-electron chi connectivity index (χ3n) is 4.06. The van der Waals surface area contributed by atoms with Crippen LogP contribution in [0.2, 0.25) is 0 Å². The van der Waals surface area contributed by atoms with E-state index in [1.165, 1.54) is 0 Å². The van der Waals surface area contributed by atoms with E-state index in [0.717, 1.165) is 41.9 Å². The molecule has 5 heteroatoms. The standard InChI is InChI=1S/C16H20N2O2S/c1-3-7-17-10-6-12-14(16(17)20)13(11(2)21-12)15(19)18-8-4-5-9-18/h6,10H,3-5,7-9H2,1-2H3. The highest BCUT2D eigenvalue weighted by molar-refractivity contribution is 7.19. The number of rotatable bonds is 3. The molecule has 1 fully saturated rings. The summed E-state index contributed by atoms with van der Waals surface area (Å²) in [5.74, 6) is 0.0302. The number of likely N-dealkylation sites (tertiary alicyclic amines) is 1. The van der Waals surface area contributed by atoms with Crippen LogP contribution < -0.4 is 5.56 Å². The van der Waals surface area contributed by atoms with Crippen LogP contribution in [0.15, 0.2) is 17.1 Å². The third kappa shape index (κ3) is 2.39. The van der Waals surface area contributed by atoms with Crippen molar-refractivity contribution in [2.45, 2.75) is 39.7 Å². The predicted octanol–water partition coefficient (Wildman–Crippen LogP) is 3.02. The Labute approximate surface area is 128 Å². The first-order valence-corrected chi connectivity index (χ1v) is 8.37. The Bertz CT molecular complexity index is 739. The second kappa shape index (κ2) is 5.64. The smallest absolute Gasteiger partial charge is 0.260 e. The fourth-order valence-electron chi connectivity index (χ4n) is 3.02. The number of fused-ring (bicyclic) bond motifs is 1. The van der Waals surface area contributed by atoms with Gasteiger partial charge in [0.25, 0.3) is 11.5 Å². The molecule has 4 nitrogen and oxygen atoms in total. The number of pyridine rings is 1. The van der Waals surface area contributed by atoms with E-state index in [0.29, 0.717) is 17.5 Å². The summed E-state index contributed by atoms with van der Waals surface area (Å²) >= 11 is 1.55. The van der Waals surface area contributed by atoms with Crippen molar-refractivity contribution in [2.75, 3.05) is 13.1 Å². The number of thiophene rings is 1. The number of hydrogen-bond donors (Lipinski definition) is 0. The maximum Gasteiger partial charge on any atom is 0.260 e. The Balaban J connectivity index is 2.16.